The lowest BCUT2D eigenvalue weighted by Gasteiger charge is -2.10. The second-order valence-corrected chi connectivity index (χ2v) is 4.29. The number of halogens is 1. The summed E-state index contributed by atoms with van der Waals surface area (Å²) in [5, 5.41) is 4.13. The Labute approximate surface area is 97.7 Å². The van der Waals surface area contributed by atoms with E-state index in [0.29, 0.717) is 16.7 Å². The predicted molar refractivity (Wildman–Crippen MR) is 63.0 cm³/mol. The van der Waals surface area contributed by atoms with Crippen LogP contribution in [0.5, 0.6) is 0 Å². The maximum Gasteiger partial charge on any atom is 0.204 e. The molecule has 0 aliphatic carbocycles. The Morgan fingerprint density at radius 1 is 1.73 bits per heavy atom. The van der Waals surface area contributed by atoms with Gasteiger partial charge < -0.3 is 4.90 Å². The van der Waals surface area contributed by atoms with Gasteiger partial charge in [-0.15, -0.1) is 0 Å². The van der Waals surface area contributed by atoms with Crippen molar-refractivity contribution in [1.29, 1.82) is 0 Å². The van der Waals surface area contributed by atoms with Crippen molar-refractivity contribution >= 4 is 21.7 Å². The Bertz CT molecular complexity index is 371. The molecule has 0 bridgehead atoms. The summed E-state index contributed by atoms with van der Waals surface area (Å²) in [5.74, 6) is -0.113. The average Bonchev–Trinajstić information content (AvgIpc) is 2.55. The molecule has 4 nitrogen and oxygen atoms in total. The van der Waals surface area contributed by atoms with Crippen LogP contribution in [-0.4, -0.2) is 41.1 Å². The lowest BCUT2D eigenvalue weighted by atomic mass is 10.3. The fourth-order valence-electron chi connectivity index (χ4n) is 1.17. The van der Waals surface area contributed by atoms with Crippen LogP contribution in [0.2, 0.25) is 0 Å². The molecule has 0 fully saturated rings. The number of likely N-dealkylation sites (N-methyl/N-ethyl adjacent to an activating group) is 1. The van der Waals surface area contributed by atoms with Crippen LogP contribution in [0.3, 0.4) is 0 Å². The van der Waals surface area contributed by atoms with E-state index in [-0.39, 0.29) is 5.78 Å². The lowest BCUT2D eigenvalue weighted by Crippen LogP contribution is -2.21. The number of nitrogens with zero attached hydrogens (tertiary/aromatic N) is 3. The van der Waals surface area contributed by atoms with Crippen molar-refractivity contribution in [3.05, 3.63) is 29.0 Å². The topological polar surface area (TPSA) is 38.1 Å². The standard InChI is InChI=1S/C10H14BrN3O/c1-4-9(15)10-8(11)7-12-14(10)6-5-13(2)3/h4,7H,1,5-6H2,2-3H3. The number of hydrogen-bond acceptors (Lipinski definition) is 3. The van der Waals surface area contributed by atoms with Gasteiger partial charge in [-0.25, -0.2) is 0 Å². The Balaban J connectivity index is 2.88. The third kappa shape index (κ3) is 3.00. The maximum absolute atomic E-state index is 11.5. The molecule has 1 heterocycles. The van der Waals surface area contributed by atoms with Crippen molar-refractivity contribution in [2.45, 2.75) is 6.54 Å². The van der Waals surface area contributed by atoms with Gasteiger partial charge in [0, 0.05) is 6.54 Å². The van der Waals surface area contributed by atoms with Crippen LogP contribution in [0.15, 0.2) is 23.3 Å². The zero-order chi connectivity index (χ0) is 11.4. The molecule has 0 spiro atoms. The Hall–Kier alpha value is -0.940. The van der Waals surface area contributed by atoms with E-state index in [1.807, 2.05) is 19.0 Å². The Kier molecular flexibility index (Phi) is 4.23. The van der Waals surface area contributed by atoms with E-state index in [9.17, 15) is 4.79 Å². The van der Waals surface area contributed by atoms with E-state index < -0.39 is 0 Å². The lowest BCUT2D eigenvalue weighted by molar-refractivity contribution is 0.103. The van der Waals surface area contributed by atoms with Gasteiger partial charge in [-0.3, -0.25) is 9.48 Å². The fourth-order valence-corrected chi connectivity index (χ4v) is 1.66. The van der Waals surface area contributed by atoms with E-state index >= 15 is 0 Å². The van der Waals surface area contributed by atoms with Crippen molar-refractivity contribution in [3.63, 3.8) is 0 Å². The monoisotopic (exact) mass is 271 g/mol. The molecule has 1 aromatic heterocycles. The summed E-state index contributed by atoms with van der Waals surface area (Å²) in [7, 11) is 3.96. The molecule has 0 saturated heterocycles. The quantitative estimate of drug-likeness (QED) is 0.603. The van der Waals surface area contributed by atoms with Crippen molar-refractivity contribution in [1.82, 2.24) is 14.7 Å². The minimum Gasteiger partial charge on any atom is -0.308 e. The van der Waals surface area contributed by atoms with Crippen molar-refractivity contribution < 1.29 is 4.79 Å². The van der Waals surface area contributed by atoms with E-state index in [1.54, 1.807) is 10.9 Å². The molecule has 0 atom stereocenters. The van der Waals surface area contributed by atoms with Crippen LogP contribution < -0.4 is 0 Å². The third-order valence-corrected chi connectivity index (χ3v) is 2.55. The van der Waals surface area contributed by atoms with E-state index in [0.717, 1.165) is 6.54 Å². The van der Waals surface area contributed by atoms with E-state index in [4.69, 9.17) is 0 Å². The Morgan fingerprint density at radius 3 is 2.93 bits per heavy atom. The number of aromatic nitrogens is 2. The number of ketones is 1. The highest BCUT2D eigenvalue weighted by Crippen LogP contribution is 2.16. The van der Waals surface area contributed by atoms with Crippen molar-refractivity contribution in [3.8, 4) is 0 Å². The van der Waals surface area contributed by atoms with Crippen LogP contribution in [0, 0.1) is 0 Å². The van der Waals surface area contributed by atoms with Crippen LogP contribution in [0.1, 0.15) is 10.5 Å². The van der Waals surface area contributed by atoms with Crippen LogP contribution >= 0.6 is 15.9 Å². The zero-order valence-corrected chi connectivity index (χ0v) is 10.5. The normalized spacial score (nSPS) is 10.7. The molecule has 15 heavy (non-hydrogen) atoms. The number of carbonyl (C=O) groups excluding carboxylic acids is 1. The number of rotatable bonds is 5. The highest BCUT2D eigenvalue weighted by molar-refractivity contribution is 9.10. The number of allylic oxidation sites excluding steroid dienone is 1. The van der Waals surface area contributed by atoms with Crippen LogP contribution in [-0.2, 0) is 6.54 Å². The number of hydrogen-bond donors (Lipinski definition) is 0. The first-order valence-electron chi connectivity index (χ1n) is 4.59. The number of carbonyl (C=O) groups is 1. The molecular formula is C10H14BrN3O. The van der Waals surface area contributed by atoms with Crippen LogP contribution in [0.25, 0.3) is 0 Å². The SMILES string of the molecule is C=CC(=O)c1c(Br)cnn1CCN(C)C. The first kappa shape index (κ1) is 12.1. The highest BCUT2D eigenvalue weighted by Gasteiger charge is 2.14. The van der Waals surface area contributed by atoms with E-state index in [1.165, 1.54) is 6.08 Å². The smallest absolute Gasteiger partial charge is 0.204 e. The summed E-state index contributed by atoms with van der Waals surface area (Å²) < 4.78 is 2.40. The molecule has 0 N–H and O–H groups in total. The molecule has 5 heteroatoms. The summed E-state index contributed by atoms with van der Waals surface area (Å²) in [6, 6.07) is 0. The largest absolute Gasteiger partial charge is 0.308 e. The third-order valence-electron chi connectivity index (χ3n) is 1.97. The first-order valence-corrected chi connectivity index (χ1v) is 5.38. The molecule has 1 rings (SSSR count). The van der Waals surface area contributed by atoms with Crippen LogP contribution in [0.4, 0.5) is 0 Å². The predicted octanol–water partition coefficient (Wildman–Crippen LogP) is 1.58. The molecule has 82 valence electrons. The molecule has 0 aliphatic heterocycles. The first-order chi connectivity index (χ1) is 7.06. The molecule has 0 radical (unpaired) electrons. The van der Waals surface area contributed by atoms with Gasteiger partial charge in [0.1, 0.15) is 5.69 Å². The summed E-state index contributed by atoms with van der Waals surface area (Å²) in [6.07, 6.45) is 2.93. The molecular weight excluding hydrogens is 258 g/mol. The van der Waals surface area contributed by atoms with Gasteiger partial charge in [-0.1, -0.05) is 6.58 Å². The Morgan fingerprint density at radius 2 is 2.40 bits per heavy atom. The minimum atomic E-state index is -0.113. The molecule has 0 aromatic carbocycles. The van der Waals surface area contributed by atoms with Crippen molar-refractivity contribution in [2.24, 2.45) is 0 Å². The molecule has 1 aromatic rings. The van der Waals surface area contributed by atoms with Gasteiger partial charge in [0.2, 0.25) is 5.78 Å². The molecule has 0 aliphatic rings. The van der Waals surface area contributed by atoms with E-state index in [2.05, 4.69) is 27.6 Å². The second kappa shape index (κ2) is 5.23. The fraction of sp³-hybridized carbons (Fsp3) is 0.400. The van der Waals surface area contributed by atoms with Gasteiger partial charge in [0.25, 0.3) is 0 Å². The van der Waals surface area contributed by atoms with Gasteiger partial charge >= 0.3 is 0 Å². The summed E-state index contributed by atoms with van der Waals surface area (Å²) >= 11 is 3.30. The van der Waals surface area contributed by atoms with Gasteiger partial charge in [-0.05, 0) is 36.1 Å². The minimum absolute atomic E-state index is 0.113. The van der Waals surface area contributed by atoms with Gasteiger partial charge in [0.05, 0.1) is 17.2 Å². The molecule has 0 amide bonds. The molecule has 0 saturated carbocycles. The van der Waals surface area contributed by atoms with Gasteiger partial charge in [0.15, 0.2) is 0 Å². The summed E-state index contributed by atoms with van der Waals surface area (Å²) in [5.41, 5.74) is 0.562. The second-order valence-electron chi connectivity index (χ2n) is 3.44. The highest BCUT2D eigenvalue weighted by atomic mass is 79.9. The van der Waals surface area contributed by atoms with Crippen molar-refractivity contribution in [2.75, 3.05) is 20.6 Å². The molecule has 0 unspecified atom stereocenters. The van der Waals surface area contributed by atoms with Gasteiger partial charge in [-0.2, -0.15) is 5.10 Å². The average molecular weight is 272 g/mol. The summed E-state index contributed by atoms with van der Waals surface area (Å²) in [6.45, 7) is 5.00. The zero-order valence-electron chi connectivity index (χ0n) is 8.90. The summed E-state index contributed by atoms with van der Waals surface area (Å²) in [4.78, 5) is 13.6. The maximum atomic E-state index is 11.5.